The second-order valence-corrected chi connectivity index (χ2v) is 4.55. The van der Waals surface area contributed by atoms with Crippen LogP contribution < -0.4 is 0 Å². The number of pyridine rings is 1. The molecule has 3 aromatic rings. The van der Waals surface area contributed by atoms with Gasteiger partial charge < -0.3 is 4.40 Å². The Balaban J connectivity index is 2.32. The number of benzene rings is 1. The summed E-state index contributed by atoms with van der Waals surface area (Å²) in [6, 6.07) is 12.9. The first-order valence-electron chi connectivity index (χ1n) is 6.00. The van der Waals surface area contributed by atoms with E-state index in [2.05, 4.69) is 30.5 Å². The van der Waals surface area contributed by atoms with Crippen LogP contribution in [0.25, 0.3) is 16.6 Å². The molecular weight excluding hydrogens is 225 g/mol. The van der Waals surface area contributed by atoms with Crippen molar-refractivity contribution in [3.8, 4) is 11.1 Å². The Labute approximate surface area is 106 Å². The molecule has 0 N–H and O–H groups in total. The number of hydrogen-bond acceptors (Lipinski definition) is 0. The van der Waals surface area contributed by atoms with Gasteiger partial charge >= 0.3 is 0 Å². The van der Waals surface area contributed by atoms with Gasteiger partial charge in [0.05, 0.1) is 0 Å². The van der Waals surface area contributed by atoms with Gasteiger partial charge in [0.2, 0.25) is 0 Å². The van der Waals surface area contributed by atoms with Gasteiger partial charge in [-0.15, -0.1) is 0 Å². The second kappa shape index (κ2) is 3.98. The summed E-state index contributed by atoms with van der Waals surface area (Å²) in [7, 11) is 0. The average molecular weight is 239 g/mol. The summed E-state index contributed by atoms with van der Waals surface area (Å²) in [5.41, 5.74) is 5.89. The third-order valence-corrected chi connectivity index (χ3v) is 3.48. The monoisotopic (exact) mass is 239 g/mol. The summed E-state index contributed by atoms with van der Waals surface area (Å²) in [5, 5.41) is 0. The lowest BCUT2D eigenvalue weighted by atomic mass is 10.0. The van der Waals surface area contributed by atoms with Gasteiger partial charge in [-0.3, -0.25) is 0 Å². The van der Waals surface area contributed by atoms with Crippen molar-refractivity contribution in [3.05, 3.63) is 65.7 Å². The number of fused-ring (bicyclic) bond motifs is 1. The molecule has 0 radical (unpaired) electrons. The van der Waals surface area contributed by atoms with Crippen molar-refractivity contribution in [1.82, 2.24) is 4.40 Å². The lowest BCUT2D eigenvalue weighted by molar-refractivity contribution is 0.628. The number of aryl methyl sites for hydroxylation is 2. The van der Waals surface area contributed by atoms with Crippen molar-refractivity contribution < 1.29 is 4.39 Å². The third kappa shape index (κ3) is 1.53. The van der Waals surface area contributed by atoms with Crippen LogP contribution in [0.2, 0.25) is 0 Å². The van der Waals surface area contributed by atoms with Crippen molar-refractivity contribution in [3.63, 3.8) is 0 Å². The molecule has 1 nitrogen and oxygen atoms in total. The normalized spacial score (nSPS) is 11.1. The van der Waals surface area contributed by atoms with Crippen LogP contribution >= 0.6 is 0 Å². The number of hydrogen-bond donors (Lipinski definition) is 0. The highest BCUT2D eigenvalue weighted by Crippen LogP contribution is 2.32. The molecule has 0 amide bonds. The summed E-state index contributed by atoms with van der Waals surface area (Å²) in [6.07, 6.45) is 2.06. The number of halogens is 1. The molecule has 2 heteroatoms. The fourth-order valence-corrected chi connectivity index (χ4v) is 2.60. The largest absolute Gasteiger partial charge is 0.320 e. The van der Waals surface area contributed by atoms with Crippen LogP contribution in [-0.2, 0) is 0 Å². The minimum Gasteiger partial charge on any atom is -0.320 e. The average Bonchev–Trinajstić information content (AvgIpc) is 2.64. The summed E-state index contributed by atoms with van der Waals surface area (Å²) in [4.78, 5) is 0. The molecule has 2 heterocycles. The fourth-order valence-electron chi connectivity index (χ4n) is 2.60. The van der Waals surface area contributed by atoms with Gasteiger partial charge in [-0.1, -0.05) is 18.2 Å². The Kier molecular flexibility index (Phi) is 2.44. The van der Waals surface area contributed by atoms with E-state index in [1.807, 2.05) is 24.3 Å². The standard InChI is InChI=1S/C16H14FN/c1-11-15-5-3-4-10-18(15)12(2)16(11)13-6-8-14(17)9-7-13/h3-10H,1-2H3. The van der Waals surface area contributed by atoms with E-state index in [4.69, 9.17) is 0 Å². The van der Waals surface area contributed by atoms with E-state index in [-0.39, 0.29) is 5.82 Å². The van der Waals surface area contributed by atoms with Crippen LogP contribution in [0.1, 0.15) is 11.3 Å². The summed E-state index contributed by atoms with van der Waals surface area (Å²) in [5.74, 6) is -0.196. The molecule has 0 spiro atoms. The van der Waals surface area contributed by atoms with Crippen molar-refractivity contribution in [2.24, 2.45) is 0 Å². The summed E-state index contributed by atoms with van der Waals surface area (Å²) >= 11 is 0. The van der Waals surface area contributed by atoms with Crippen molar-refractivity contribution in [1.29, 1.82) is 0 Å². The highest BCUT2D eigenvalue weighted by molar-refractivity contribution is 5.79. The molecule has 18 heavy (non-hydrogen) atoms. The fraction of sp³-hybridized carbons (Fsp3) is 0.125. The lowest BCUT2D eigenvalue weighted by Gasteiger charge is -2.02. The van der Waals surface area contributed by atoms with Gasteiger partial charge in [0.15, 0.2) is 0 Å². The van der Waals surface area contributed by atoms with Gasteiger partial charge in [-0.05, 0) is 49.2 Å². The Morgan fingerprint density at radius 3 is 2.33 bits per heavy atom. The highest BCUT2D eigenvalue weighted by atomic mass is 19.1. The zero-order chi connectivity index (χ0) is 12.7. The van der Waals surface area contributed by atoms with Gasteiger partial charge in [0.25, 0.3) is 0 Å². The minimum atomic E-state index is -0.196. The van der Waals surface area contributed by atoms with Crippen molar-refractivity contribution in [2.45, 2.75) is 13.8 Å². The van der Waals surface area contributed by atoms with Gasteiger partial charge in [-0.25, -0.2) is 4.39 Å². The summed E-state index contributed by atoms with van der Waals surface area (Å²) < 4.78 is 15.2. The second-order valence-electron chi connectivity index (χ2n) is 4.55. The van der Waals surface area contributed by atoms with Crippen molar-refractivity contribution in [2.75, 3.05) is 0 Å². The molecule has 0 bridgehead atoms. The van der Waals surface area contributed by atoms with E-state index in [1.54, 1.807) is 0 Å². The molecule has 90 valence electrons. The molecule has 0 fully saturated rings. The Hall–Kier alpha value is -2.09. The molecule has 0 saturated carbocycles. The predicted molar refractivity (Wildman–Crippen MR) is 72.3 cm³/mol. The van der Waals surface area contributed by atoms with Crippen molar-refractivity contribution >= 4 is 5.52 Å². The van der Waals surface area contributed by atoms with E-state index in [9.17, 15) is 4.39 Å². The van der Waals surface area contributed by atoms with E-state index >= 15 is 0 Å². The van der Waals surface area contributed by atoms with Crippen LogP contribution in [0.5, 0.6) is 0 Å². The van der Waals surface area contributed by atoms with Gasteiger partial charge in [0, 0.05) is 23.0 Å². The zero-order valence-electron chi connectivity index (χ0n) is 10.4. The predicted octanol–water partition coefficient (Wildman–Crippen LogP) is 4.36. The Morgan fingerprint density at radius 1 is 0.944 bits per heavy atom. The van der Waals surface area contributed by atoms with E-state index in [1.165, 1.54) is 34.5 Å². The number of nitrogens with zero attached hydrogens (tertiary/aromatic N) is 1. The number of aromatic nitrogens is 1. The van der Waals surface area contributed by atoms with Crippen LogP contribution in [0.15, 0.2) is 48.7 Å². The van der Waals surface area contributed by atoms with Crippen LogP contribution in [0, 0.1) is 19.7 Å². The Morgan fingerprint density at radius 2 is 1.67 bits per heavy atom. The van der Waals surface area contributed by atoms with E-state index in [0.717, 1.165) is 5.56 Å². The number of rotatable bonds is 1. The van der Waals surface area contributed by atoms with E-state index < -0.39 is 0 Å². The SMILES string of the molecule is Cc1c(-c2ccc(F)cc2)c(C)n2ccccc12. The van der Waals surface area contributed by atoms with Gasteiger partial charge in [0.1, 0.15) is 5.82 Å². The zero-order valence-corrected chi connectivity index (χ0v) is 10.4. The first kappa shape index (κ1) is 11.0. The molecule has 0 atom stereocenters. The third-order valence-electron chi connectivity index (χ3n) is 3.48. The molecule has 0 aliphatic heterocycles. The molecule has 0 aliphatic rings. The minimum absolute atomic E-state index is 0.196. The molecule has 0 aliphatic carbocycles. The van der Waals surface area contributed by atoms with Gasteiger partial charge in [-0.2, -0.15) is 0 Å². The molecule has 1 aromatic carbocycles. The first-order chi connectivity index (χ1) is 8.68. The maximum atomic E-state index is 13.0. The molecule has 0 saturated heterocycles. The first-order valence-corrected chi connectivity index (χ1v) is 6.00. The maximum absolute atomic E-state index is 13.0. The molecule has 2 aromatic heterocycles. The highest BCUT2D eigenvalue weighted by Gasteiger charge is 2.13. The Bertz CT molecular complexity index is 669. The molecule has 3 rings (SSSR count). The van der Waals surface area contributed by atoms with Crippen LogP contribution in [0.4, 0.5) is 4.39 Å². The quantitative estimate of drug-likeness (QED) is 0.594. The van der Waals surface area contributed by atoms with Crippen LogP contribution in [0.3, 0.4) is 0 Å². The topological polar surface area (TPSA) is 4.41 Å². The molecular formula is C16H14FN. The molecule has 0 unspecified atom stereocenters. The maximum Gasteiger partial charge on any atom is 0.123 e. The smallest absolute Gasteiger partial charge is 0.123 e. The van der Waals surface area contributed by atoms with E-state index in [0.29, 0.717) is 0 Å². The van der Waals surface area contributed by atoms with Crippen LogP contribution in [-0.4, -0.2) is 4.40 Å². The lowest BCUT2D eigenvalue weighted by Crippen LogP contribution is -1.86. The summed E-state index contributed by atoms with van der Waals surface area (Å²) in [6.45, 7) is 4.21.